The number of nitrogens with one attached hydrogen (secondary N) is 2. The fourth-order valence-electron chi connectivity index (χ4n) is 6.03. The molecule has 3 aliphatic carbocycles. The topological polar surface area (TPSA) is 70.6 Å². The number of carbonyl (C=O) groups excluding carboxylic acids is 1. The monoisotopic (exact) mass is 342 g/mol. The first kappa shape index (κ1) is 15.5. The molecule has 0 unspecified atom stereocenters. The molecule has 2 saturated carbocycles. The molecule has 1 aromatic rings. The largest absolute Gasteiger partial charge is 0.508 e. The second-order valence-electron chi connectivity index (χ2n) is 8.22. The second kappa shape index (κ2) is 5.63. The average Bonchev–Trinajstić information content (AvgIpc) is 3.32. The summed E-state index contributed by atoms with van der Waals surface area (Å²) in [5.74, 6) is 0.834. The highest BCUT2D eigenvalue weighted by molar-refractivity contribution is 5.75. The van der Waals surface area contributed by atoms with E-state index in [-0.39, 0.29) is 23.5 Å². The van der Waals surface area contributed by atoms with E-state index in [0.717, 1.165) is 37.0 Å². The normalized spacial score (nSPS) is 34.4. The number of benzene rings is 1. The number of fused-ring (bicyclic) bond motifs is 3. The van der Waals surface area contributed by atoms with Crippen molar-refractivity contribution >= 4 is 6.03 Å². The molecule has 3 fully saturated rings. The van der Waals surface area contributed by atoms with E-state index >= 15 is 0 Å². The van der Waals surface area contributed by atoms with E-state index in [1.54, 1.807) is 6.07 Å². The van der Waals surface area contributed by atoms with Gasteiger partial charge in [0.25, 0.3) is 0 Å². The number of hydrogen-bond donors (Lipinski definition) is 3. The highest BCUT2D eigenvalue weighted by atomic mass is 16.5. The minimum atomic E-state index is -0.0668. The SMILES string of the molecule is O=C(N[C@@H]1CCc2c(O)cccc21)N[C@H]1[C@H]2CCO[C@@H]2C12CCCC2. The van der Waals surface area contributed by atoms with Crippen LogP contribution in [0.25, 0.3) is 0 Å². The molecule has 2 amide bonds. The Morgan fingerprint density at radius 1 is 1.20 bits per heavy atom. The first-order valence-corrected chi connectivity index (χ1v) is 9.68. The maximum absolute atomic E-state index is 12.7. The minimum absolute atomic E-state index is 0.00247. The molecule has 4 atom stereocenters. The van der Waals surface area contributed by atoms with Gasteiger partial charge in [-0.1, -0.05) is 25.0 Å². The van der Waals surface area contributed by atoms with Crippen LogP contribution in [-0.2, 0) is 11.2 Å². The molecule has 3 N–H and O–H groups in total. The molecule has 4 aliphatic rings. The summed E-state index contributed by atoms with van der Waals surface area (Å²) in [5, 5.41) is 16.4. The molecular formula is C20H26N2O3. The number of phenolic OH excluding ortho intramolecular Hbond substituents is 1. The fraction of sp³-hybridized carbons (Fsp3) is 0.650. The predicted molar refractivity (Wildman–Crippen MR) is 93.4 cm³/mol. The molecule has 1 saturated heterocycles. The first-order valence-electron chi connectivity index (χ1n) is 9.68. The highest BCUT2D eigenvalue weighted by Gasteiger charge is 2.65. The zero-order valence-electron chi connectivity index (χ0n) is 14.5. The maximum atomic E-state index is 12.7. The summed E-state index contributed by atoms with van der Waals surface area (Å²) in [7, 11) is 0. The van der Waals surface area contributed by atoms with Crippen molar-refractivity contribution in [3.8, 4) is 5.75 Å². The van der Waals surface area contributed by atoms with Gasteiger partial charge in [0, 0.05) is 24.0 Å². The maximum Gasteiger partial charge on any atom is 0.315 e. The number of ether oxygens (including phenoxy) is 1. The van der Waals surface area contributed by atoms with E-state index in [4.69, 9.17) is 4.74 Å². The molecular weight excluding hydrogens is 316 g/mol. The lowest BCUT2D eigenvalue weighted by Crippen LogP contribution is -2.69. The molecule has 134 valence electrons. The number of amides is 2. The molecule has 1 aliphatic heterocycles. The number of aromatic hydroxyl groups is 1. The van der Waals surface area contributed by atoms with E-state index in [9.17, 15) is 9.90 Å². The quantitative estimate of drug-likeness (QED) is 0.774. The van der Waals surface area contributed by atoms with E-state index < -0.39 is 0 Å². The molecule has 0 bridgehead atoms. The fourth-order valence-corrected chi connectivity index (χ4v) is 6.03. The van der Waals surface area contributed by atoms with Gasteiger partial charge in [-0.05, 0) is 49.3 Å². The second-order valence-corrected chi connectivity index (χ2v) is 8.22. The van der Waals surface area contributed by atoms with Crippen molar-refractivity contribution in [3.63, 3.8) is 0 Å². The van der Waals surface area contributed by atoms with Gasteiger partial charge in [-0.3, -0.25) is 0 Å². The Balaban J connectivity index is 1.28. The average molecular weight is 342 g/mol. The Kier molecular flexibility index (Phi) is 3.49. The molecule has 0 radical (unpaired) electrons. The number of rotatable bonds is 2. The number of hydrogen-bond acceptors (Lipinski definition) is 3. The van der Waals surface area contributed by atoms with Crippen LogP contribution in [0.3, 0.4) is 0 Å². The summed E-state index contributed by atoms with van der Waals surface area (Å²) < 4.78 is 6.00. The number of urea groups is 1. The number of phenols is 1. The van der Waals surface area contributed by atoms with Crippen LogP contribution < -0.4 is 10.6 Å². The van der Waals surface area contributed by atoms with Gasteiger partial charge in [-0.2, -0.15) is 0 Å². The molecule has 0 aromatic heterocycles. The van der Waals surface area contributed by atoms with Crippen LogP contribution in [0.15, 0.2) is 18.2 Å². The van der Waals surface area contributed by atoms with Gasteiger partial charge in [0.1, 0.15) is 5.75 Å². The Labute approximate surface area is 148 Å². The van der Waals surface area contributed by atoms with Crippen LogP contribution in [0.1, 0.15) is 55.7 Å². The van der Waals surface area contributed by atoms with Crippen LogP contribution in [0.5, 0.6) is 5.75 Å². The molecule has 1 aromatic carbocycles. The molecule has 1 spiro atoms. The summed E-state index contributed by atoms with van der Waals surface area (Å²) in [6.45, 7) is 0.839. The summed E-state index contributed by atoms with van der Waals surface area (Å²) in [6.07, 6.45) is 7.97. The van der Waals surface area contributed by atoms with Crippen LogP contribution in [0, 0.1) is 11.3 Å². The van der Waals surface area contributed by atoms with Crippen molar-refractivity contribution in [2.45, 2.75) is 63.1 Å². The van der Waals surface area contributed by atoms with Crippen molar-refractivity contribution in [2.75, 3.05) is 6.61 Å². The molecule has 25 heavy (non-hydrogen) atoms. The Morgan fingerprint density at radius 2 is 2.04 bits per heavy atom. The van der Waals surface area contributed by atoms with Gasteiger partial charge >= 0.3 is 6.03 Å². The summed E-state index contributed by atoms with van der Waals surface area (Å²) in [6, 6.07) is 5.77. The van der Waals surface area contributed by atoms with E-state index in [1.807, 2.05) is 12.1 Å². The summed E-state index contributed by atoms with van der Waals surface area (Å²) in [5.41, 5.74) is 2.22. The first-order chi connectivity index (χ1) is 12.2. The van der Waals surface area contributed by atoms with Gasteiger partial charge < -0.3 is 20.5 Å². The van der Waals surface area contributed by atoms with Crippen LogP contribution in [0.2, 0.25) is 0 Å². The lowest BCUT2D eigenvalue weighted by molar-refractivity contribution is -0.126. The molecule has 5 heteroatoms. The van der Waals surface area contributed by atoms with Crippen molar-refractivity contribution < 1.29 is 14.6 Å². The van der Waals surface area contributed by atoms with Gasteiger partial charge in [0.15, 0.2) is 0 Å². The van der Waals surface area contributed by atoms with Crippen molar-refractivity contribution in [3.05, 3.63) is 29.3 Å². The third-order valence-corrected chi connectivity index (χ3v) is 7.12. The zero-order chi connectivity index (χ0) is 17.0. The Hall–Kier alpha value is -1.75. The third kappa shape index (κ3) is 2.21. The summed E-state index contributed by atoms with van der Waals surface area (Å²) in [4.78, 5) is 12.7. The van der Waals surface area contributed by atoms with Crippen molar-refractivity contribution in [2.24, 2.45) is 11.3 Å². The Bertz CT molecular complexity index is 698. The third-order valence-electron chi connectivity index (χ3n) is 7.12. The summed E-state index contributed by atoms with van der Waals surface area (Å²) >= 11 is 0. The van der Waals surface area contributed by atoms with E-state index in [0.29, 0.717) is 17.8 Å². The van der Waals surface area contributed by atoms with Gasteiger partial charge in [-0.15, -0.1) is 0 Å². The van der Waals surface area contributed by atoms with Crippen molar-refractivity contribution in [1.29, 1.82) is 0 Å². The van der Waals surface area contributed by atoms with Crippen LogP contribution in [0.4, 0.5) is 4.79 Å². The minimum Gasteiger partial charge on any atom is -0.508 e. The zero-order valence-corrected chi connectivity index (χ0v) is 14.5. The highest BCUT2D eigenvalue weighted by Crippen LogP contribution is 2.60. The van der Waals surface area contributed by atoms with Gasteiger partial charge in [0.2, 0.25) is 0 Å². The smallest absolute Gasteiger partial charge is 0.315 e. The van der Waals surface area contributed by atoms with E-state index in [1.165, 1.54) is 25.7 Å². The van der Waals surface area contributed by atoms with Gasteiger partial charge in [-0.25, -0.2) is 4.79 Å². The molecule has 5 nitrogen and oxygen atoms in total. The number of carbonyl (C=O) groups is 1. The lowest BCUT2D eigenvalue weighted by Gasteiger charge is -2.56. The molecule has 1 heterocycles. The standard InChI is InChI=1S/C20H26N2O3/c23-16-5-3-4-12-13(16)6-7-15(12)21-19(24)22-17-14-8-11-25-18(14)20(17)9-1-2-10-20/h3-5,14-15,17-18,23H,1-2,6-11H2,(H2,21,22,24)/t14-,15-,17+,18+/m1/s1. The van der Waals surface area contributed by atoms with Crippen LogP contribution in [-0.4, -0.2) is 29.9 Å². The van der Waals surface area contributed by atoms with E-state index in [2.05, 4.69) is 10.6 Å². The van der Waals surface area contributed by atoms with Gasteiger partial charge in [0.05, 0.1) is 12.1 Å². The van der Waals surface area contributed by atoms with Crippen molar-refractivity contribution in [1.82, 2.24) is 10.6 Å². The van der Waals surface area contributed by atoms with Crippen LogP contribution >= 0.6 is 0 Å². The molecule has 5 rings (SSSR count). The lowest BCUT2D eigenvalue weighted by atomic mass is 9.54. The Morgan fingerprint density at radius 3 is 2.88 bits per heavy atom. The predicted octanol–water partition coefficient (Wildman–Crippen LogP) is 3.03.